The number of benzene rings is 1. The number of hydrogen-bond donors (Lipinski definition) is 1. The maximum Gasteiger partial charge on any atom is 0.311 e. The Hall–Kier alpha value is -1.35. The highest BCUT2D eigenvalue weighted by Gasteiger charge is 2.31. The van der Waals surface area contributed by atoms with Gasteiger partial charge in [-0.15, -0.1) is 0 Å². The van der Waals surface area contributed by atoms with Crippen LogP contribution in [-0.2, 0) is 9.53 Å². The molecule has 0 radical (unpaired) electrons. The third kappa shape index (κ3) is 3.86. The second kappa shape index (κ2) is 5.82. The molecule has 0 spiro atoms. The van der Waals surface area contributed by atoms with E-state index >= 15 is 0 Å². The molecule has 0 heterocycles. The summed E-state index contributed by atoms with van der Waals surface area (Å²) in [5.41, 5.74) is 6.60. The van der Waals surface area contributed by atoms with Crippen LogP contribution < -0.4 is 5.73 Å². The van der Waals surface area contributed by atoms with Gasteiger partial charge in [-0.2, -0.15) is 0 Å². The molecular formula is C14H21NO2. The van der Waals surface area contributed by atoms with E-state index in [1.54, 1.807) is 0 Å². The Balaban J connectivity index is 2.67. The van der Waals surface area contributed by atoms with Crippen LogP contribution in [0.5, 0.6) is 0 Å². The van der Waals surface area contributed by atoms with E-state index in [4.69, 9.17) is 10.5 Å². The van der Waals surface area contributed by atoms with Crippen molar-refractivity contribution in [1.82, 2.24) is 0 Å². The molecule has 0 aliphatic rings. The van der Waals surface area contributed by atoms with Crippen molar-refractivity contribution >= 4 is 5.97 Å². The van der Waals surface area contributed by atoms with E-state index in [-0.39, 0.29) is 12.0 Å². The first-order valence-corrected chi connectivity index (χ1v) is 5.95. The maximum absolute atomic E-state index is 11.8. The number of carbonyl (C=O) groups excluding carboxylic acids is 1. The highest BCUT2D eigenvalue weighted by Crippen LogP contribution is 2.29. The molecule has 1 aromatic carbocycles. The third-order valence-electron chi connectivity index (χ3n) is 2.79. The van der Waals surface area contributed by atoms with Gasteiger partial charge in [-0.25, -0.2) is 0 Å². The maximum atomic E-state index is 11.8. The van der Waals surface area contributed by atoms with Crippen LogP contribution in [0, 0.1) is 5.41 Å². The van der Waals surface area contributed by atoms with Gasteiger partial charge in [0.25, 0.3) is 0 Å². The Labute approximate surface area is 103 Å². The molecule has 0 aliphatic carbocycles. The molecule has 0 aromatic heterocycles. The van der Waals surface area contributed by atoms with E-state index in [0.717, 1.165) is 5.56 Å². The minimum absolute atomic E-state index is 0.143. The predicted octanol–water partition coefficient (Wildman–Crippen LogP) is 2.67. The molecule has 0 saturated carbocycles. The normalized spacial score (nSPS) is 13.2. The van der Waals surface area contributed by atoms with Crippen molar-refractivity contribution in [3.05, 3.63) is 35.9 Å². The minimum Gasteiger partial charge on any atom is -0.466 e. The first kappa shape index (κ1) is 13.7. The average molecular weight is 235 g/mol. The smallest absolute Gasteiger partial charge is 0.311 e. The average Bonchev–Trinajstić information content (AvgIpc) is 2.30. The number of hydrogen-bond acceptors (Lipinski definition) is 3. The second-order valence-electron chi connectivity index (χ2n) is 4.83. The van der Waals surface area contributed by atoms with Crippen molar-refractivity contribution in [1.29, 1.82) is 0 Å². The van der Waals surface area contributed by atoms with E-state index in [9.17, 15) is 4.79 Å². The van der Waals surface area contributed by atoms with Crippen molar-refractivity contribution < 1.29 is 9.53 Å². The lowest BCUT2D eigenvalue weighted by atomic mass is 9.84. The van der Waals surface area contributed by atoms with Gasteiger partial charge in [0.05, 0.1) is 12.0 Å². The lowest BCUT2D eigenvalue weighted by Crippen LogP contribution is -2.31. The van der Waals surface area contributed by atoms with Gasteiger partial charge < -0.3 is 10.5 Å². The van der Waals surface area contributed by atoms with Crippen molar-refractivity contribution in [3.63, 3.8) is 0 Å². The van der Waals surface area contributed by atoms with Gasteiger partial charge in [-0.1, -0.05) is 30.3 Å². The standard InChI is InChI=1S/C14H21NO2/c1-4-17-13(16)14(2,3)10-12(15)11-8-6-5-7-9-11/h5-9,12H,4,10,15H2,1-3H3. The van der Waals surface area contributed by atoms with E-state index in [1.807, 2.05) is 51.1 Å². The van der Waals surface area contributed by atoms with E-state index in [0.29, 0.717) is 13.0 Å². The Morgan fingerprint density at radius 3 is 2.47 bits per heavy atom. The zero-order chi connectivity index (χ0) is 12.9. The van der Waals surface area contributed by atoms with Crippen molar-refractivity contribution in [2.24, 2.45) is 11.1 Å². The molecule has 1 atom stereocenters. The van der Waals surface area contributed by atoms with Crippen LogP contribution in [0.2, 0.25) is 0 Å². The topological polar surface area (TPSA) is 52.3 Å². The SMILES string of the molecule is CCOC(=O)C(C)(C)CC(N)c1ccccc1. The monoisotopic (exact) mass is 235 g/mol. The Morgan fingerprint density at radius 1 is 1.35 bits per heavy atom. The Morgan fingerprint density at radius 2 is 1.94 bits per heavy atom. The lowest BCUT2D eigenvalue weighted by molar-refractivity contribution is -0.154. The molecule has 1 aromatic rings. The van der Waals surface area contributed by atoms with Gasteiger partial charge in [-0.3, -0.25) is 4.79 Å². The molecule has 3 nitrogen and oxygen atoms in total. The Bertz CT molecular complexity index is 360. The zero-order valence-corrected chi connectivity index (χ0v) is 10.8. The van der Waals surface area contributed by atoms with Crippen LogP contribution in [-0.4, -0.2) is 12.6 Å². The van der Waals surface area contributed by atoms with Crippen LogP contribution in [0.3, 0.4) is 0 Å². The summed E-state index contributed by atoms with van der Waals surface area (Å²) >= 11 is 0. The summed E-state index contributed by atoms with van der Waals surface area (Å²) in [6.07, 6.45) is 0.579. The third-order valence-corrected chi connectivity index (χ3v) is 2.79. The fourth-order valence-corrected chi connectivity index (χ4v) is 1.78. The molecule has 1 rings (SSSR count). The summed E-state index contributed by atoms with van der Waals surface area (Å²) in [5.74, 6) is -0.189. The number of carbonyl (C=O) groups is 1. The summed E-state index contributed by atoms with van der Waals surface area (Å²) in [7, 11) is 0. The number of ether oxygens (including phenoxy) is 1. The fraction of sp³-hybridized carbons (Fsp3) is 0.500. The molecule has 0 aliphatic heterocycles. The molecule has 17 heavy (non-hydrogen) atoms. The molecule has 94 valence electrons. The van der Waals surface area contributed by atoms with Gasteiger partial charge in [0.2, 0.25) is 0 Å². The molecule has 0 amide bonds. The summed E-state index contributed by atoms with van der Waals surface area (Å²) in [5, 5.41) is 0. The van der Waals surface area contributed by atoms with Gasteiger partial charge in [0.15, 0.2) is 0 Å². The first-order chi connectivity index (χ1) is 7.97. The van der Waals surface area contributed by atoms with Crippen LogP contribution >= 0.6 is 0 Å². The first-order valence-electron chi connectivity index (χ1n) is 5.95. The van der Waals surface area contributed by atoms with Crippen LogP contribution in [0.25, 0.3) is 0 Å². The summed E-state index contributed by atoms with van der Waals surface area (Å²) < 4.78 is 5.05. The highest BCUT2D eigenvalue weighted by molar-refractivity contribution is 5.75. The second-order valence-corrected chi connectivity index (χ2v) is 4.83. The fourth-order valence-electron chi connectivity index (χ4n) is 1.78. The largest absolute Gasteiger partial charge is 0.466 e. The van der Waals surface area contributed by atoms with E-state index in [1.165, 1.54) is 0 Å². The zero-order valence-electron chi connectivity index (χ0n) is 10.8. The Kier molecular flexibility index (Phi) is 4.70. The van der Waals surface area contributed by atoms with Crippen LogP contribution in [0.1, 0.15) is 38.8 Å². The molecule has 0 saturated heterocycles. The predicted molar refractivity (Wildman–Crippen MR) is 68.4 cm³/mol. The van der Waals surface area contributed by atoms with Gasteiger partial charge in [0.1, 0.15) is 0 Å². The highest BCUT2D eigenvalue weighted by atomic mass is 16.5. The van der Waals surface area contributed by atoms with Crippen LogP contribution in [0.4, 0.5) is 0 Å². The van der Waals surface area contributed by atoms with Gasteiger partial charge in [-0.05, 0) is 32.8 Å². The lowest BCUT2D eigenvalue weighted by Gasteiger charge is -2.25. The minimum atomic E-state index is -0.550. The van der Waals surface area contributed by atoms with Crippen LogP contribution in [0.15, 0.2) is 30.3 Å². The van der Waals surface area contributed by atoms with Gasteiger partial charge >= 0.3 is 5.97 Å². The van der Waals surface area contributed by atoms with Crippen molar-refractivity contribution in [3.8, 4) is 0 Å². The van der Waals surface area contributed by atoms with E-state index in [2.05, 4.69) is 0 Å². The summed E-state index contributed by atoms with van der Waals surface area (Å²) in [6, 6.07) is 9.67. The molecule has 3 heteroatoms. The summed E-state index contributed by atoms with van der Waals surface area (Å²) in [6.45, 7) is 5.95. The summed E-state index contributed by atoms with van der Waals surface area (Å²) in [4.78, 5) is 11.8. The number of esters is 1. The quantitative estimate of drug-likeness (QED) is 0.798. The number of rotatable bonds is 5. The van der Waals surface area contributed by atoms with Crippen molar-refractivity contribution in [2.45, 2.75) is 33.2 Å². The molecule has 2 N–H and O–H groups in total. The molecular weight excluding hydrogens is 214 g/mol. The van der Waals surface area contributed by atoms with Crippen molar-refractivity contribution in [2.75, 3.05) is 6.61 Å². The molecule has 0 fully saturated rings. The van der Waals surface area contributed by atoms with Gasteiger partial charge in [0, 0.05) is 6.04 Å². The molecule has 0 bridgehead atoms. The van der Waals surface area contributed by atoms with E-state index < -0.39 is 5.41 Å². The molecule has 1 unspecified atom stereocenters. The number of nitrogens with two attached hydrogens (primary N) is 1.